The summed E-state index contributed by atoms with van der Waals surface area (Å²) in [6.45, 7) is 0.902. The van der Waals surface area contributed by atoms with Gasteiger partial charge in [0.2, 0.25) is 5.02 Å². The maximum atomic E-state index is 11.4. The Balaban J connectivity index is 2.92. The van der Waals surface area contributed by atoms with Gasteiger partial charge in [0.25, 0.3) is 0 Å². The molecule has 0 spiro atoms. The van der Waals surface area contributed by atoms with Gasteiger partial charge in [-0.2, -0.15) is 0 Å². The Morgan fingerprint density at radius 3 is 1.67 bits per heavy atom. The molecule has 0 unspecified atom stereocenters. The van der Waals surface area contributed by atoms with E-state index in [2.05, 4.69) is 5.32 Å². The molecule has 0 atom stereocenters. The van der Waals surface area contributed by atoms with Crippen molar-refractivity contribution in [2.75, 3.05) is 0 Å². The minimum Gasteiger partial charge on any atom is -0.323 e. The minimum atomic E-state index is -4.96. The van der Waals surface area contributed by atoms with Gasteiger partial charge < -0.3 is 19.6 Å². The highest BCUT2D eigenvalue weighted by Crippen LogP contribution is 2.67. The van der Waals surface area contributed by atoms with Gasteiger partial charge in [0.15, 0.2) is 0 Å². The second-order valence-corrected chi connectivity index (χ2v) is 9.26. The summed E-state index contributed by atoms with van der Waals surface area (Å²) in [7, 11) is -9.93. The molecule has 18 heavy (non-hydrogen) atoms. The molecule has 0 heterocycles. The summed E-state index contributed by atoms with van der Waals surface area (Å²) >= 11 is 0. The maximum absolute atomic E-state index is 11.4. The third-order valence-electron chi connectivity index (χ3n) is 3.47. The van der Waals surface area contributed by atoms with Crippen molar-refractivity contribution in [2.24, 2.45) is 0 Å². The molecule has 1 aliphatic rings. The summed E-state index contributed by atoms with van der Waals surface area (Å²) in [5.74, 6) is 0. The fraction of sp³-hybridized carbons (Fsp3) is 1.00. The number of hydrogen-bond donors (Lipinski definition) is 5. The second-order valence-electron chi connectivity index (χ2n) is 4.94. The van der Waals surface area contributed by atoms with Crippen LogP contribution in [0.4, 0.5) is 0 Å². The lowest BCUT2D eigenvalue weighted by Crippen LogP contribution is -2.47. The number of hydrogen-bond acceptors (Lipinski definition) is 3. The van der Waals surface area contributed by atoms with Crippen LogP contribution in [-0.4, -0.2) is 30.6 Å². The third-order valence-corrected chi connectivity index (χ3v) is 7.56. The standard InChI is InChI=1S/C9H21NO6P2/c1-9(17(11,12)13,18(14,15)16)10-8-6-4-2-3-5-7-8/h8,10H,2-7H2,1H3,(H2,11,12,13)(H2,14,15,16). The van der Waals surface area contributed by atoms with Crippen LogP contribution in [0.15, 0.2) is 0 Å². The summed E-state index contributed by atoms with van der Waals surface area (Å²) in [5, 5.41) is 0.0349. The van der Waals surface area contributed by atoms with Gasteiger partial charge in [0.05, 0.1) is 0 Å². The van der Waals surface area contributed by atoms with Crippen molar-refractivity contribution in [2.45, 2.75) is 56.5 Å². The Hall–Kier alpha value is 0.260. The Labute approximate surface area is 106 Å². The first kappa shape index (κ1) is 16.3. The van der Waals surface area contributed by atoms with Gasteiger partial charge in [0, 0.05) is 6.04 Å². The predicted molar refractivity (Wildman–Crippen MR) is 67.1 cm³/mol. The SMILES string of the molecule is CC(NC1CCCCCC1)(P(=O)(O)O)P(=O)(O)O. The molecular weight excluding hydrogens is 280 g/mol. The largest absolute Gasteiger partial charge is 0.357 e. The van der Waals surface area contributed by atoms with Crippen LogP contribution >= 0.6 is 15.2 Å². The summed E-state index contributed by atoms with van der Waals surface area (Å²) in [6, 6.07) is -0.266. The first-order chi connectivity index (χ1) is 8.08. The topological polar surface area (TPSA) is 127 Å². The molecule has 1 fully saturated rings. The van der Waals surface area contributed by atoms with Gasteiger partial charge in [-0.25, -0.2) is 0 Å². The van der Waals surface area contributed by atoms with Crippen LogP contribution in [0.5, 0.6) is 0 Å². The smallest absolute Gasteiger partial charge is 0.323 e. The van der Waals surface area contributed by atoms with Crippen molar-refractivity contribution in [3.05, 3.63) is 0 Å². The Morgan fingerprint density at radius 2 is 1.33 bits per heavy atom. The van der Waals surface area contributed by atoms with E-state index in [1.54, 1.807) is 0 Å². The number of nitrogens with one attached hydrogen (secondary N) is 1. The minimum absolute atomic E-state index is 0.266. The van der Waals surface area contributed by atoms with Crippen molar-refractivity contribution in [1.82, 2.24) is 5.32 Å². The average molecular weight is 301 g/mol. The van der Waals surface area contributed by atoms with Crippen LogP contribution in [0, 0.1) is 0 Å². The van der Waals surface area contributed by atoms with E-state index in [0.717, 1.165) is 32.6 Å². The molecule has 7 nitrogen and oxygen atoms in total. The fourth-order valence-corrected chi connectivity index (χ4v) is 4.21. The zero-order valence-electron chi connectivity index (χ0n) is 10.3. The zero-order valence-corrected chi connectivity index (χ0v) is 12.1. The van der Waals surface area contributed by atoms with Crippen molar-refractivity contribution in [3.63, 3.8) is 0 Å². The van der Waals surface area contributed by atoms with E-state index in [9.17, 15) is 28.7 Å². The van der Waals surface area contributed by atoms with E-state index >= 15 is 0 Å². The quantitative estimate of drug-likeness (QED) is 0.391. The molecule has 0 saturated heterocycles. The molecule has 9 heteroatoms. The second kappa shape index (κ2) is 5.71. The van der Waals surface area contributed by atoms with Crippen LogP contribution in [0.3, 0.4) is 0 Å². The van der Waals surface area contributed by atoms with Crippen LogP contribution in [0.25, 0.3) is 0 Å². The molecule has 0 aromatic rings. The lowest BCUT2D eigenvalue weighted by atomic mass is 10.1. The average Bonchev–Trinajstić information content (AvgIpc) is 2.42. The molecule has 0 aromatic heterocycles. The Kier molecular flexibility index (Phi) is 5.18. The fourth-order valence-electron chi connectivity index (χ4n) is 2.15. The van der Waals surface area contributed by atoms with E-state index in [1.165, 1.54) is 0 Å². The van der Waals surface area contributed by atoms with Crippen molar-refractivity contribution < 1.29 is 28.7 Å². The zero-order chi connectivity index (χ0) is 14.0. The lowest BCUT2D eigenvalue weighted by molar-refractivity contribution is 0.277. The van der Waals surface area contributed by atoms with E-state index in [-0.39, 0.29) is 6.04 Å². The van der Waals surface area contributed by atoms with Crippen molar-refractivity contribution in [3.8, 4) is 0 Å². The molecule has 108 valence electrons. The monoisotopic (exact) mass is 301 g/mol. The highest BCUT2D eigenvalue weighted by Gasteiger charge is 2.57. The summed E-state index contributed by atoms with van der Waals surface area (Å²) < 4.78 is 22.8. The van der Waals surface area contributed by atoms with Gasteiger partial charge in [-0.05, 0) is 19.8 Å². The molecular formula is C9H21NO6P2. The van der Waals surface area contributed by atoms with Gasteiger partial charge in [-0.1, -0.05) is 25.7 Å². The van der Waals surface area contributed by atoms with Crippen LogP contribution < -0.4 is 5.32 Å². The molecule has 0 bridgehead atoms. The normalized spacial score (nSPS) is 20.7. The number of rotatable bonds is 4. The molecule has 0 amide bonds. The Bertz CT molecular complexity index is 345. The Morgan fingerprint density at radius 1 is 0.944 bits per heavy atom. The highest BCUT2D eigenvalue weighted by atomic mass is 31.2. The molecule has 5 N–H and O–H groups in total. The summed E-state index contributed by atoms with van der Waals surface area (Å²) in [4.78, 5) is 36.9. The molecule has 1 aliphatic carbocycles. The summed E-state index contributed by atoms with van der Waals surface area (Å²) in [6.07, 6.45) is 5.23. The predicted octanol–water partition coefficient (Wildman–Crippen LogP) is 1.33. The van der Waals surface area contributed by atoms with Crippen molar-refractivity contribution >= 4 is 15.2 Å². The molecule has 1 rings (SSSR count). The highest BCUT2D eigenvalue weighted by molar-refractivity contribution is 7.72. The van der Waals surface area contributed by atoms with Gasteiger partial charge >= 0.3 is 15.2 Å². The van der Waals surface area contributed by atoms with E-state index in [4.69, 9.17) is 0 Å². The van der Waals surface area contributed by atoms with E-state index in [0.29, 0.717) is 12.8 Å². The molecule has 0 aromatic carbocycles. The first-order valence-electron chi connectivity index (χ1n) is 5.97. The van der Waals surface area contributed by atoms with Gasteiger partial charge in [-0.15, -0.1) is 0 Å². The third kappa shape index (κ3) is 3.64. The lowest BCUT2D eigenvalue weighted by Gasteiger charge is -2.35. The maximum Gasteiger partial charge on any atom is 0.357 e. The van der Waals surface area contributed by atoms with E-state index < -0.39 is 20.2 Å². The van der Waals surface area contributed by atoms with E-state index in [1.807, 2.05) is 0 Å². The van der Waals surface area contributed by atoms with Crippen molar-refractivity contribution in [1.29, 1.82) is 0 Å². The molecule has 0 aliphatic heterocycles. The summed E-state index contributed by atoms with van der Waals surface area (Å²) in [5.41, 5.74) is 0. The van der Waals surface area contributed by atoms with Crippen LogP contribution in [-0.2, 0) is 9.13 Å². The first-order valence-corrected chi connectivity index (χ1v) is 9.19. The van der Waals surface area contributed by atoms with Gasteiger partial charge in [0.1, 0.15) is 0 Å². The molecule has 1 saturated carbocycles. The van der Waals surface area contributed by atoms with Crippen LogP contribution in [0.2, 0.25) is 0 Å². The van der Waals surface area contributed by atoms with Gasteiger partial charge in [-0.3, -0.25) is 14.4 Å². The van der Waals surface area contributed by atoms with Crippen LogP contribution in [0.1, 0.15) is 45.4 Å². The molecule has 0 radical (unpaired) electrons.